The number of thioether (sulfide) groups is 1. The Hall–Kier alpha value is -3.25. The molecule has 0 N–H and O–H groups in total. The van der Waals surface area contributed by atoms with Crippen LogP contribution in [0.4, 0.5) is 0 Å². The standard InChI is InChI=1S/C30H34N2O3S/c1-7-35-29(33)24-10-13-28-27(17-24)31-30(32(28)15-14-23-8-11-25(34-6)12-9-23)36-18-26-21(4)19(2)16-20(3)22(26)5/h8-13,16-17H,7,14-15,18H2,1-6H3. The molecule has 0 amide bonds. The summed E-state index contributed by atoms with van der Waals surface area (Å²) in [6.07, 6.45) is 0.865. The number of carbonyl (C=O) groups is 1. The Bertz CT molecular complexity index is 1360. The van der Waals surface area contributed by atoms with E-state index in [4.69, 9.17) is 14.5 Å². The third-order valence-corrected chi connectivity index (χ3v) is 7.88. The molecule has 5 nitrogen and oxygen atoms in total. The molecular formula is C30H34N2O3S. The first kappa shape index (κ1) is 25.8. The van der Waals surface area contributed by atoms with E-state index in [1.54, 1.807) is 18.9 Å². The van der Waals surface area contributed by atoms with Crippen LogP contribution in [0.25, 0.3) is 11.0 Å². The van der Waals surface area contributed by atoms with Crippen molar-refractivity contribution in [2.45, 2.75) is 58.5 Å². The minimum Gasteiger partial charge on any atom is -0.497 e. The Morgan fingerprint density at radius 1 is 0.972 bits per heavy atom. The molecule has 0 saturated carbocycles. The number of nitrogens with zero attached hydrogens (tertiary/aromatic N) is 2. The van der Waals surface area contributed by atoms with E-state index in [0.29, 0.717) is 12.2 Å². The second-order valence-electron chi connectivity index (χ2n) is 9.10. The number of hydrogen-bond acceptors (Lipinski definition) is 5. The van der Waals surface area contributed by atoms with E-state index in [9.17, 15) is 4.79 Å². The van der Waals surface area contributed by atoms with Crippen molar-refractivity contribution < 1.29 is 14.3 Å². The van der Waals surface area contributed by atoms with Crippen LogP contribution in [0.5, 0.6) is 5.75 Å². The van der Waals surface area contributed by atoms with Gasteiger partial charge in [0.25, 0.3) is 0 Å². The Balaban J connectivity index is 1.67. The lowest BCUT2D eigenvalue weighted by molar-refractivity contribution is 0.0526. The number of carbonyl (C=O) groups excluding carboxylic acids is 1. The van der Waals surface area contributed by atoms with E-state index in [2.05, 4.69) is 50.5 Å². The molecule has 0 fully saturated rings. The molecule has 4 rings (SSSR count). The van der Waals surface area contributed by atoms with Crippen LogP contribution >= 0.6 is 11.8 Å². The largest absolute Gasteiger partial charge is 0.497 e. The minimum atomic E-state index is -0.317. The molecule has 0 bridgehead atoms. The van der Waals surface area contributed by atoms with Gasteiger partial charge in [0, 0.05) is 12.3 Å². The summed E-state index contributed by atoms with van der Waals surface area (Å²) in [5.74, 6) is 1.38. The number of aryl methyl sites for hydroxylation is 4. The van der Waals surface area contributed by atoms with Crippen molar-refractivity contribution in [2.24, 2.45) is 0 Å². The molecule has 188 valence electrons. The van der Waals surface area contributed by atoms with E-state index in [-0.39, 0.29) is 5.97 Å². The number of imidazole rings is 1. The molecule has 0 unspecified atom stereocenters. The van der Waals surface area contributed by atoms with E-state index >= 15 is 0 Å². The summed E-state index contributed by atoms with van der Waals surface area (Å²) in [5, 5.41) is 0.956. The predicted octanol–water partition coefficient (Wildman–Crippen LogP) is 6.99. The number of methoxy groups -OCH3 is 1. The average Bonchev–Trinajstić information content (AvgIpc) is 3.23. The molecule has 6 heteroatoms. The highest BCUT2D eigenvalue weighted by Crippen LogP contribution is 2.32. The number of fused-ring (bicyclic) bond motifs is 1. The lowest BCUT2D eigenvalue weighted by Crippen LogP contribution is -2.05. The minimum absolute atomic E-state index is 0.317. The lowest BCUT2D eigenvalue weighted by atomic mass is 9.95. The van der Waals surface area contributed by atoms with Crippen molar-refractivity contribution in [1.82, 2.24) is 9.55 Å². The van der Waals surface area contributed by atoms with Gasteiger partial charge >= 0.3 is 5.97 Å². The van der Waals surface area contributed by atoms with E-state index in [1.165, 1.54) is 33.4 Å². The van der Waals surface area contributed by atoms with Crippen LogP contribution in [0.3, 0.4) is 0 Å². The van der Waals surface area contributed by atoms with Crippen LogP contribution in [-0.2, 0) is 23.5 Å². The average molecular weight is 503 g/mol. The summed E-state index contributed by atoms with van der Waals surface area (Å²) in [4.78, 5) is 17.3. The third-order valence-electron chi connectivity index (χ3n) is 6.87. The van der Waals surface area contributed by atoms with E-state index in [1.807, 2.05) is 37.3 Å². The number of aromatic nitrogens is 2. The Kier molecular flexibility index (Phi) is 8.04. The number of ether oxygens (including phenoxy) is 2. The van der Waals surface area contributed by atoms with Crippen molar-refractivity contribution in [1.29, 1.82) is 0 Å². The molecule has 1 heterocycles. The monoisotopic (exact) mass is 502 g/mol. The van der Waals surface area contributed by atoms with Gasteiger partial charge in [-0.15, -0.1) is 0 Å². The van der Waals surface area contributed by atoms with Gasteiger partial charge in [0.1, 0.15) is 5.75 Å². The zero-order valence-electron chi connectivity index (χ0n) is 22.0. The molecule has 4 aromatic rings. The van der Waals surface area contributed by atoms with Crippen LogP contribution in [0.2, 0.25) is 0 Å². The maximum atomic E-state index is 12.3. The summed E-state index contributed by atoms with van der Waals surface area (Å²) in [6.45, 7) is 11.7. The SMILES string of the molecule is CCOC(=O)c1ccc2c(c1)nc(SCc1c(C)c(C)cc(C)c1C)n2CCc1ccc(OC)cc1. The van der Waals surface area contributed by atoms with E-state index < -0.39 is 0 Å². The first-order chi connectivity index (χ1) is 17.3. The summed E-state index contributed by atoms with van der Waals surface area (Å²) >= 11 is 1.75. The highest BCUT2D eigenvalue weighted by atomic mass is 32.2. The van der Waals surface area contributed by atoms with Crippen molar-refractivity contribution in [2.75, 3.05) is 13.7 Å². The van der Waals surface area contributed by atoms with Crippen molar-refractivity contribution in [3.63, 3.8) is 0 Å². The van der Waals surface area contributed by atoms with Crippen LogP contribution < -0.4 is 4.74 Å². The molecule has 0 spiro atoms. The predicted molar refractivity (Wildman–Crippen MR) is 147 cm³/mol. The second-order valence-corrected chi connectivity index (χ2v) is 10.0. The van der Waals surface area contributed by atoms with Gasteiger partial charge in [-0.1, -0.05) is 30.0 Å². The first-order valence-corrected chi connectivity index (χ1v) is 13.3. The smallest absolute Gasteiger partial charge is 0.338 e. The van der Waals surface area contributed by atoms with Crippen LogP contribution in [0.1, 0.15) is 50.7 Å². The van der Waals surface area contributed by atoms with Crippen molar-refractivity contribution in [3.05, 3.63) is 87.5 Å². The van der Waals surface area contributed by atoms with Gasteiger partial charge in [-0.3, -0.25) is 0 Å². The quantitative estimate of drug-likeness (QED) is 0.182. The fraction of sp³-hybridized carbons (Fsp3) is 0.333. The van der Waals surface area contributed by atoms with Gasteiger partial charge in [0.15, 0.2) is 5.16 Å². The number of esters is 1. The molecular weight excluding hydrogens is 468 g/mol. The zero-order chi connectivity index (χ0) is 25.8. The molecule has 36 heavy (non-hydrogen) atoms. The molecule has 0 saturated heterocycles. The summed E-state index contributed by atoms with van der Waals surface area (Å²) < 4.78 is 12.8. The Labute approximate surface area is 217 Å². The maximum Gasteiger partial charge on any atom is 0.338 e. The molecule has 0 radical (unpaired) electrons. The third kappa shape index (κ3) is 5.44. The molecule has 0 aliphatic carbocycles. The van der Waals surface area contributed by atoms with Gasteiger partial charge in [-0.2, -0.15) is 0 Å². The lowest BCUT2D eigenvalue weighted by Gasteiger charge is -2.15. The molecule has 0 aliphatic rings. The normalized spacial score (nSPS) is 11.2. The summed E-state index contributed by atoms with van der Waals surface area (Å²) in [7, 11) is 1.68. The molecule has 0 atom stereocenters. The van der Waals surface area contributed by atoms with Crippen LogP contribution in [-0.4, -0.2) is 29.2 Å². The Morgan fingerprint density at radius 3 is 2.31 bits per heavy atom. The fourth-order valence-corrected chi connectivity index (χ4v) is 5.68. The summed E-state index contributed by atoms with van der Waals surface area (Å²) in [5.41, 5.74) is 10.3. The number of hydrogen-bond donors (Lipinski definition) is 0. The van der Waals surface area contributed by atoms with Crippen molar-refractivity contribution >= 4 is 28.8 Å². The summed E-state index contributed by atoms with van der Waals surface area (Å²) in [6, 6.07) is 16.1. The molecule has 3 aromatic carbocycles. The van der Waals surface area contributed by atoms with Gasteiger partial charge in [-0.25, -0.2) is 9.78 Å². The topological polar surface area (TPSA) is 53.3 Å². The van der Waals surface area contributed by atoms with Gasteiger partial charge in [-0.05, 0) is 105 Å². The number of benzene rings is 3. The zero-order valence-corrected chi connectivity index (χ0v) is 22.8. The van der Waals surface area contributed by atoms with Gasteiger partial charge in [0.05, 0.1) is 30.3 Å². The number of rotatable bonds is 9. The van der Waals surface area contributed by atoms with Crippen LogP contribution in [0, 0.1) is 27.7 Å². The van der Waals surface area contributed by atoms with Crippen LogP contribution in [0.15, 0.2) is 53.7 Å². The maximum absolute atomic E-state index is 12.3. The highest BCUT2D eigenvalue weighted by Gasteiger charge is 2.17. The first-order valence-electron chi connectivity index (χ1n) is 12.3. The molecule has 1 aromatic heterocycles. The van der Waals surface area contributed by atoms with E-state index in [0.717, 1.165) is 40.7 Å². The fourth-order valence-electron chi connectivity index (χ4n) is 4.46. The van der Waals surface area contributed by atoms with Gasteiger partial charge in [0.2, 0.25) is 0 Å². The van der Waals surface area contributed by atoms with Gasteiger partial charge < -0.3 is 14.0 Å². The Morgan fingerprint density at radius 2 is 1.67 bits per heavy atom. The second kappa shape index (κ2) is 11.2. The molecule has 0 aliphatic heterocycles. The van der Waals surface area contributed by atoms with Crippen molar-refractivity contribution in [3.8, 4) is 5.75 Å². The highest BCUT2D eigenvalue weighted by molar-refractivity contribution is 7.98.